The van der Waals surface area contributed by atoms with E-state index in [4.69, 9.17) is 5.73 Å². The lowest BCUT2D eigenvalue weighted by molar-refractivity contribution is -0.274. The Labute approximate surface area is 174 Å². The van der Waals surface area contributed by atoms with Gasteiger partial charge in [0.15, 0.2) is 11.5 Å². The third-order valence-corrected chi connectivity index (χ3v) is 4.69. The molecular formula is C20H19F3N6O2. The highest BCUT2D eigenvalue weighted by Crippen LogP contribution is 2.27. The van der Waals surface area contributed by atoms with Crippen molar-refractivity contribution in [3.63, 3.8) is 0 Å². The van der Waals surface area contributed by atoms with Gasteiger partial charge in [-0.1, -0.05) is 19.1 Å². The second kappa shape index (κ2) is 8.00. The first-order valence-electron chi connectivity index (χ1n) is 9.47. The minimum atomic E-state index is -4.77. The van der Waals surface area contributed by atoms with E-state index in [0.717, 1.165) is 5.39 Å². The van der Waals surface area contributed by atoms with Gasteiger partial charge in [0.1, 0.15) is 12.0 Å². The molecule has 11 heteroatoms. The Morgan fingerprint density at radius 3 is 2.48 bits per heavy atom. The molecule has 2 heterocycles. The summed E-state index contributed by atoms with van der Waals surface area (Å²) in [6.07, 6.45) is -5.34. The first-order valence-corrected chi connectivity index (χ1v) is 9.47. The lowest BCUT2D eigenvalue weighted by Crippen LogP contribution is -2.40. The average Bonchev–Trinajstić information content (AvgIpc) is 3.17. The van der Waals surface area contributed by atoms with Crippen LogP contribution in [0.3, 0.4) is 0 Å². The number of hydrogen-bond acceptors (Lipinski definition) is 7. The first-order chi connectivity index (χ1) is 14.7. The van der Waals surface area contributed by atoms with Crippen LogP contribution < -0.4 is 15.8 Å². The lowest BCUT2D eigenvalue weighted by atomic mass is 10.2. The number of ether oxygens (including phenoxy) is 1. The standard InChI is InChI=1S/C20H19F3N6O2/c1-2-14(16(24)30)25-19-26-15-6-4-3-5-13(15)18-27-17(28-29(18)19)11-7-9-12(10-8-11)31-20(21,22)23/h3-10,14,16,30H,2,24H2,1H3,(H,25,26)/t14-,16?/m1/s1. The summed E-state index contributed by atoms with van der Waals surface area (Å²) in [5, 5.41) is 18.1. The van der Waals surface area contributed by atoms with Crippen LogP contribution in [0.5, 0.6) is 5.75 Å². The maximum atomic E-state index is 12.4. The van der Waals surface area contributed by atoms with E-state index in [9.17, 15) is 18.3 Å². The molecular weight excluding hydrogens is 413 g/mol. The molecule has 0 radical (unpaired) electrons. The van der Waals surface area contributed by atoms with E-state index in [2.05, 4.69) is 25.1 Å². The van der Waals surface area contributed by atoms with Crippen molar-refractivity contribution in [3.05, 3.63) is 48.5 Å². The molecule has 0 saturated carbocycles. The second-order valence-electron chi connectivity index (χ2n) is 6.85. The summed E-state index contributed by atoms with van der Waals surface area (Å²) in [6, 6.07) is 12.1. The van der Waals surface area contributed by atoms with Crippen LogP contribution in [0.1, 0.15) is 13.3 Å². The van der Waals surface area contributed by atoms with Crippen molar-refractivity contribution in [2.24, 2.45) is 5.73 Å². The van der Waals surface area contributed by atoms with E-state index in [1.54, 1.807) is 0 Å². The topological polar surface area (TPSA) is 111 Å². The molecule has 0 bridgehead atoms. The van der Waals surface area contributed by atoms with Crippen molar-refractivity contribution >= 4 is 22.5 Å². The van der Waals surface area contributed by atoms with Gasteiger partial charge in [-0.05, 0) is 42.8 Å². The van der Waals surface area contributed by atoms with Crippen LogP contribution in [0.4, 0.5) is 19.1 Å². The molecule has 4 rings (SSSR count). The van der Waals surface area contributed by atoms with E-state index >= 15 is 0 Å². The van der Waals surface area contributed by atoms with Crippen molar-refractivity contribution in [1.29, 1.82) is 0 Å². The van der Waals surface area contributed by atoms with Crippen LogP contribution in [0.2, 0.25) is 0 Å². The molecule has 0 aliphatic heterocycles. The number of halogens is 3. The monoisotopic (exact) mass is 432 g/mol. The van der Waals surface area contributed by atoms with E-state index in [1.807, 2.05) is 31.2 Å². The van der Waals surface area contributed by atoms with Crippen LogP contribution in [0.15, 0.2) is 48.5 Å². The van der Waals surface area contributed by atoms with Gasteiger partial charge in [0.05, 0.1) is 11.6 Å². The Kier molecular flexibility index (Phi) is 5.38. The number of nitrogens with zero attached hydrogens (tertiary/aromatic N) is 4. The van der Waals surface area contributed by atoms with Gasteiger partial charge in [0, 0.05) is 10.9 Å². The van der Waals surface area contributed by atoms with Gasteiger partial charge in [-0.15, -0.1) is 18.3 Å². The highest BCUT2D eigenvalue weighted by atomic mass is 19.4. The summed E-state index contributed by atoms with van der Waals surface area (Å²) in [7, 11) is 0. The highest BCUT2D eigenvalue weighted by molar-refractivity contribution is 5.92. The Morgan fingerprint density at radius 1 is 1.13 bits per heavy atom. The Morgan fingerprint density at radius 2 is 1.84 bits per heavy atom. The third-order valence-electron chi connectivity index (χ3n) is 4.69. The number of fused-ring (bicyclic) bond motifs is 3. The summed E-state index contributed by atoms with van der Waals surface area (Å²) in [6.45, 7) is 1.86. The summed E-state index contributed by atoms with van der Waals surface area (Å²) < 4.78 is 42.6. The summed E-state index contributed by atoms with van der Waals surface area (Å²) in [5.74, 6) is 0.291. The van der Waals surface area contributed by atoms with Crippen molar-refractivity contribution in [2.75, 3.05) is 5.32 Å². The number of anilines is 1. The number of nitrogens with one attached hydrogen (secondary N) is 1. The number of aromatic nitrogens is 4. The number of hydrogen-bond donors (Lipinski definition) is 3. The van der Waals surface area contributed by atoms with Gasteiger partial charge in [-0.3, -0.25) is 0 Å². The largest absolute Gasteiger partial charge is 0.573 e. The first kappa shape index (κ1) is 20.8. The molecule has 0 amide bonds. The summed E-state index contributed by atoms with van der Waals surface area (Å²) in [5.41, 5.74) is 7.29. The minimum absolute atomic E-state index is 0.293. The predicted octanol–water partition coefficient (Wildman–Crippen LogP) is 3.31. The zero-order chi connectivity index (χ0) is 22.2. The van der Waals surface area contributed by atoms with Crippen molar-refractivity contribution in [3.8, 4) is 17.1 Å². The fraction of sp³-hybridized carbons (Fsp3) is 0.250. The number of rotatable bonds is 6. The molecule has 2 atom stereocenters. The third kappa shape index (κ3) is 4.37. The molecule has 0 aliphatic rings. The Hall–Kier alpha value is -3.44. The molecule has 0 saturated heterocycles. The van der Waals surface area contributed by atoms with E-state index in [0.29, 0.717) is 34.9 Å². The number of alkyl halides is 3. The van der Waals surface area contributed by atoms with Crippen LogP contribution in [-0.2, 0) is 0 Å². The van der Waals surface area contributed by atoms with E-state index in [1.165, 1.54) is 28.8 Å². The Balaban J connectivity index is 1.80. The average molecular weight is 432 g/mol. The van der Waals surface area contributed by atoms with Gasteiger partial charge < -0.3 is 20.9 Å². The maximum absolute atomic E-state index is 12.4. The normalized spacial score (nSPS) is 14.0. The van der Waals surface area contributed by atoms with Crippen molar-refractivity contribution in [2.45, 2.75) is 32.0 Å². The molecule has 0 spiro atoms. The van der Waals surface area contributed by atoms with Gasteiger partial charge in [-0.2, -0.15) is 4.52 Å². The van der Waals surface area contributed by atoms with Crippen LogP contribution >= 0.6 is 0 Å². The van der Waals surface area contributed by atoms with Crippen LogP contribution in [0.25, 0.3) is 27.9 Å². The predicted molar refractivity (Wildman–Crippen MR) is 108 cm³/mol. The second-order valence-corrected chi connectivity index (χ2v) is 6.85. The van der Waals surface area contributed by atoms with Crippen LogP contribution in [0, 0.1) is 0 Å². The van der Waals surface area contributed by atoms with Gasteiger partial charge in [0.25, 0.3) is 0 Å². The molecule has 8 nitrogen and oxygen atoms in total. The number of nitrogens with two attached hydrogens (primary N) is 1. The molecule has 0 aliphatic carbocycles. The van der Waals surface area contributed by atoms with E-state index in [-0.39, 0.29) is 5.75 Å². The quantitative estimate of drug-likeness (QED) is 0.401. The fourth-order valence-corrected chi connectivity index (χ4v) is 3.17. The fourth-order valence-electron chi connectivity index (χ4n) is 3.17. The van der Waals surface area contributed by atoms with Gasteiger partial charge in [0.2, 0.25) is 5.95 Å². The van der Waals surface area contributed by atoms with Gasteiger partial charge >= 0.3 is 6.36 Å². The molecule has 0 fully saturated rings. The zero-order valence-electron chi connectivity index (χ0n) is 16.3. The molecule has 31 heavy (non-hydrogen) atoms. The van der Waals surface area contributed by atoms with E-state index < -0.39 is 18.6 Å². The summed E-state index contributed by atoms with van der Waals surface area (Å²) in [4.78, 5) is 9.14. The van der Waals surface area contributed by atoms with Crippen molar-refractivity contribution < 1.29 is 23.0 Å². The smallest absolute Gasteiger partial charge is 0.406 e. The molecule has 4 N–H and O–H groups in total. The Bertz CT molecular complexity index is 1210. The molecule has 1 unspecified atom stereocenters. The van der Waals surface area contributed by atoms with Crippen LogP contribution in [-0.4, -0.2) is 43.3 Å². The SMILES string of the molecule is CC[C@@H](Nc1nc2ccccc2c2nc(-c3ccc(OC(F)(F)F)cc3)nn12)C(N)O. The number of aliphatic hydroxyl groups is 1. The molecule has 162 valence electrons. The lowest BCUT2D eigenvalue weighted by Gasteiger charge is -2.20. The van der Waals surface area contributed by atoms with Gasteiger partial charge in [-0.25, -0.2) is 9.97 Å². The zero-order valence-corrected chi connectivity index (χ0v) is 16.3. The summed E-state index contributed by atoms with van der Waals surface area (Å²) >= 11 is 0. The molecule has 4 aromatic rings. The number of aliphatic hydroxyl groups excluding tert-OH is 1. The highest BCUT2D eigenvalue weighted by Gasteiger charge is 2.31. The molecule has 2 aromatic carbocycles. The minimum Gasteiger partial charge on any atom is -0.406 e. The molecule has 2 aromatic heterocycles. The number of benzene rings is 2. The number of para-hydroxylation sites is 1. The maximum Gasteiger partial charge on any atom is 0.573 e. The van der Waals surface area contributed by atoms with Crippen molar-refractivity contribution in [1.82, 2.24) is 19.6 Å².